The van der Waals surface area contributed by atoms with E-state index in [1.165, 1.54) is 6.42 Å². The Morgan fingerprint density at radius 3 is 2.39 bits per heavy atom. The molecule has 0 aliphatic carbocycles. The molecule has 0 spiro atoms. The number of ether oxygens (including phenoxy) is 4. The van der Waals surface area contributed by atoms with E-state index in [1.54, 1.807) is 14.2 Å². The predicted octanol–water partition coefficient (Wildman–Crippen LogP) is 2.75. The van der Waals surface area contributed by atoms with Gasteiger partial charge in [-0.15, -0.1) is 0 Å². The smallest absolute Gasteiger partial charge is 0.158 e. The minimum atomic E-state index is -0.0732. The zero-order valence-corrected chi connectivity index (χ0v) is 11.0. The van der Waals surface area contributed by atoms with Crippen molar-refractivity contribution in [3.63, 3.8) is 0 Å². The van der Waals surface area contributed by atoms with Gasteiger partial charge in [0.1, 0.15) is 11.5 Å². The van der Waals surface area contributed by atoms with Crippen molar-refractivity contribution in [2.45, 2.75) is 32.2 Å². The number of rotatable bonds is 5. The Morgan fingerprint density at radius 1 is 1.11 bits per heavy atom. The number of benzene rings is 1. The maximum atomic E-state index is 5.73. The van der Waals surface area contributed by atoms with Crippen LogP contribution in [0.25, 0.3) is 0 Å². The first-order valence-electron chi connectivity index (χ1n) is 6.27. The van der Waals surface area contributed by atoms with Crippen molar-refractivity contribution in [2.24, 2.45) is 0 Å². The Kier molecular flexibility index (Phi) is 4.84. The molecule has 0 aromatic heterocycles. The third kappa shape index (κ3) is 3.62. The topological polar surface area (TPSA) is 36.9 Å². The van der Waals surface area contributed by atoms with Crippen molar-refractivity contribution >= 4 is 0 Å². The molecule has 1 unspecified atom stereocenters. The van der Waals surface area contributed by atoms with Crippen LogP contribution in [0.15, 0.2) is 18.2 Å². The number of hydrogen-bond acceptors (Lipinski definition) is 4. The molecule has 1 saturated heterocycles. The van der Waals surface area contributed by atoms with Gasteiger partial charge in [-0.2, -0.15) is 0 Å². The van der Waals surface area contributed by atoms with Crippen LogP contribution in [-0.2, 0) is 16.1 Å². The van der Waals surface area contributed by atoms with E-state index < -0.39 is 0 Å². The lowest BCUT2D eigenvalue weighted by Gasteiger charge is -2.22. The minimum absolute atomic E-state index is 0.0732. The zero-order valence-electron chi connectivity index (χ0n) is 11.0. The van der Waals surface area contributed by atoms with E-state index in [0.717, 1.165) is 36.5 Å². The monoisotopic (exact) mass is 252 g/mol. The second kappa shape index (κ2) is 6.61. The van der Waals surface area contributed by atoms with E-state index in [2.05, 4.69) is 0 Å². The van der Waals surface area contributed by atoms with Gasteiger partial charge >= 0.3 is 0 Å². The first-order chi connectivity index (χ1) is 8.81. The maximum Gasteiger partial charge on any atom is 0.158 e. The molecule has 18 heavy (non-hydrogen) atoms. The lowest BCUT2D eigenvalue weighted by Crippen LogP contribution is -2.22. The molecule has 1 heterocycles. The van der Waals surface area contributed by atoms with Crippen LogP contribution in [0.4, 0.5) is 0 Å². The molecule has 100 valence electrons. The molecule has 0 bridgehead atoms. The Labute approximate surface area is 108 Å². The van der Waals surface area contributed by atoms with Crippen LogP contribution in [0, 0.1) is 0 Å². The minimum Gasteiger partial charge on any atom is -0.497 e. The highest BCUT2D eigenvalue weighted by molar-refractivity contribution is 5.38. The third-order valence-corrected chi connectivity index (χ3v) is 2.99. The summed E-state index contributed by atoms with van der Waals surface area (Å²) in [6.07, 6.45) is 3.20. The quantitative estimate of drug-likeness (QED) is 0.807. The molecule has 1 aliphatic heterocycles. The molecule has 1 fully saturated rings. The van der Waals surface area contributed by atoms with Gasteiger partial charge in [0.25, 0.3) is 0 Å². The van der Waals surface area contributed by atoms with E-state index in [4.69, 9.17) is 18.9 Å². The van der Waals surface area contributed by atoms with Gasteiger partial charge in [0.05, 0.1) is 20.8 Å². The van der Waals surface area contributed by atoms with E-state index in [0.29, 0.717) is 6.61 Å². The average Bonchev–Trinajstić information content (AvgIpc) is 2.45. The van der Waals surface area contributed by atoms with E-state index in [1.807, 2.05) is 18.2 Å². The van der Waals surface area contributed by atoms with Crippen molar-refractivity contribution in [3.8, 4) is 11.5 Å². The highest BCUT2D eigenvalue weighted by Gasteiger charge is 2.14. The number of methoxy groups -OCH3 is 2. The summed E-state index contributed by atoms with van der Waals surface area (Å²) in [6, 6.07) is 5.75. The fourth-order valence-corrected chi connectivity index (χ4v) is 1.98. The van der Waals surface area contributed by atoms with Crippen molar-refractivity contribution in [3.05, 3.63) is 23.8 Å². The first-order valence-corrected chi connectivity index (χ1v) is 6.27. The standard InChI is InChI=1S/C14H20O4/c1-15-12-7-11(8-13(9-12)16-2)10-18-14-5-3-4-6-17-14/h7-9,14H,3-6,10H2,1-2H3. The zero-order chi connectivity index (χ0) is 12.8. The second-order valence-electron chi connectivity index (χ2n) is 4.33. The Morgan fingerprint density at radius 2 is 1.83 bits per heavy atom. The molecular formula is C14H20O4. The van der Waals surface area contributed by atoms with E-state index in [-0.39, 0.29) is 6.29 Å². The fourth-order valence-electron chi connectivity index (χ4n) is 1.98. The summed E-state index contributed by atoms with van der Waals surface area (Å²) in [5.41, 5.74) is 1.03. The van der Waals surface area contributed by atoms with Crippen molar-refractivity contribution in [1.82, 2.24) is 0 Å². The molecule has 4 nitrogen and oxygen atoms in total. The average molecular weight is 252 g/mol. The van der Waals surface area contributed by atoms with Crippen LogP contribution < -0.4 is 9.47 Å². The summed E-state index contributed by atoms with van der Waals surface area (Å²) >= 11 is 0. The van der Waals surface area contributed by atoms with Gasteiger partial charge in [0.15, 0.2) is 6.29 Å². The molecular weight excluding hydrogens is 232 g/mol. The lowest BCUT2D eigenvalue weighted by atomic mass is 10.2. The fraction of sp³-hybridized carbons (Fsp3) is 0.571. The van der Waals surface area contributed by atoms with Crippen LogP contribution in [-0.4, -0.2) is 27.1 Å². The Hall–Kier alpha value is -1.26. The van der Waals surface area contributed by atoms with Crippen molar-refractivity contribution in [2.75, 3.05) is 20.8 Å². The van der Waals surface area contributed by atoms with Gasteiger partial charge in [0, 0.05) is 12.7 Å². The summed E-state index contributed by atoms with van der Waals surface area (Å²) in [4.78, 5) is 0. The SMILES string of the molecule is COc1cc(COC2CCCCO2)cc(OC)c1. The van der Waals surface area contributed by atoms with Crippen LogP contribution in [0.2, 0.25) is 0 Å². The molecule has 2 rings (SSSR count). The van der Waals surface area contributed by atoms with Gasteiger partial charge in [0.2, 0.25) is 0 Å². The molecule has 4 heteroatoms. The molecule has 0 saturated carbocycles. The van der Waals surface area contributed by atoms with Crippen LogP contribution in [0.3, 0.4) is 0 Å². The molecule has 1 atom stereocenters. The molecule has 0 radical (unpaired) electrons. The molecule has 1 aliphatic rings. The molecule has 0 N–H and O–H groups in total. The maximum absolute atomic E-state index is 5.73. The highest BCUT2D eigenvalue weighted by atomic mass is 16.7. The van der Waals surface area contributed by atoms with Crippen molar-refractivity contribution in [1.29, 1.82) is 0 Å². The summed E-state index contributed by atoms with van der Waals surface area (Å²) in [5, 5.41) is 0. The van der Waals surface area contributed by atoms with Gasteiger partial charge in [-0.3, -0.25) is 0 Å². The van der Waals surface area contributed by atoms with Crippen LogP contribution in [0.1, 0.15) is 24.8 Å². The lowest BCUT2D eigenvalue weighted by molar-refractivity contribution is -0.168. The summed E-state index contributed by atoms with van der Waals surface area (Å²) in [5.74, 6) is 1.55. The number of hydrogen-bond donors (Lipinski definition) is 0. The highest BCUT2D eigenvalue weighted by Crippen LogP contribution is 2.24. The van der Waals surface area contributed by atoms with Crippen molar-refractivity contribution < 1.29 is 18.9 Å². The van der Waals surface area contributed by atoms with Gasteiger partial charge in [-0.05, 0) is 37.0 Å². The molecule has 1 aromatic carbocycles. The second-order valence-corrected chi connectivity index (χ2v) is 4.33. The normalized spacial score (nSPS) is 19.6. The third-order valence-electron chi connectivity index (χ3n) is 2.99. The summed E-state index contributed by atoms with van der Waals surface area (Å²) in [6.45, 7) is 1.31. The van der Waals surface area contributed by atoms with Gasteiger partial charge in [-0.1, -0.05) is 0 Å². The van der Waals surface area contributed by atoms with Crippen LogP contribution >= 0.6 is 0 Å². The predicted molar refractivity (Wildman–Crippen MR) is 67.9 cm³/mol. The van der Waals surface area contributed by atoms with E-state index >= 15 is 0 Å². The molecule has 0 amide bonds. The van der Waals surface area contributed by atoms with Crippen LogP contribution in [0.5, 0.6) is 11.5 Å². The van der Waals surface area contributed by atoms with Gasteiger partial charge in [-0.25, -0.2) is 0 Å². The summed E-state index contributed by atoms with van der Waals surface area (Å²) in [7, 11) is 3.29. The van der Waals surface area contributed by atoms with E-state index in [9.17, 15) is 0 Å². The molecule has 1 aromatic rings. The van der Waals surface area contributed by atoms with Gasteiger partial charge < -0.3 is 18.9 Å². The summed E-state index contributed by atoms with van der Waals surface area (Å²) < 4.78 is 21.7. The first kappa shape index (κ1) is 13.2. The largest absolute Gasteiger partial charge is 0.497 e. The Balaban J connectivity index is 1.94. The Bertz CT molecular complexity index is 350.